The van der Waals surface area contributed by atoms with E-state index in [1.54, 1.807) is 15.8 Å². The van der Waals surface area contributed by atoms with Gasteiger partial charge in [-0.05, 0) is 18.2 Å². The average Bonchev–Trinajstić information content (AvgIpc) is 3.07. The molecule has 0 unspecified atom stereocenters. The van der Waals surface area contributed by atoms with E-state index in [0.29, 0.717) is 13.1 Å². The summed E-state index contributed by atoms with van der Waals surface area (Å²) in [6, 6.07) is 13.9. The maximum atomic E-state index is 12.5. The molecule has 0 radical (unpaired) electrons. The van der Waals surface area contributed by atoms with E-state index in [0.717, 1.165) is 16.6 Å². The Hall–Kier alpha value is -2.69. The van der Waals surface area contributed by atoms with E-state index >= 15 is 0 Å². The van der Waals surface area contributed by atoms with Gasteiger partial charge in [0.15, 0.2) is 0 Å². The molecule has 2 heterocycles. The second kappa shape index (κ2) is 6.60. The van der Waals surface area contributed by atoms with Crippen molar-refractivity contribution in [2.24, 2.45) is 5.92 Å². The predicted molar refractivity (Wildman–Crippen MR) is 89.6 cm³/mol. The van der Waals surface area contributed by atoms with Crippen LogP contribution in [0.1, 0.15) is 12.6 Å². The van der Waals surface area contributed by atoms with Gasteiger partial charge in [-0.3, -0.25) is 14.5 Å². The van der Waals surface area contributed by atoms with Gasteiger partial charge in [0.05, 0.1) is 30.2 Å². The highest BCUT2D eigenvalue weighted by molar-refractivity contribution is 5.79. The largest absolute Gasteiger partial charge is 0.340 e. The highest BCUT2D eigenvalue weighted by atomic mass is 16.2. The lowest BCUT2D eigenvalue weighted by Gasteiger charge is -2.21. The number of carbonyl (C=O) groups excluding carboxylic acids is 1. The summed E-state index contributed by atoms with van der Waals surface area (Å²) in [5.74, 6) is -0.0317. The van der Waals surface area contributed by atoms with Crippen LogP contribution in [0.25, 0.3) is 10.9 Å². The van der Waals surface area contributed by atoms with Gasteiger partial charge in [-0.2, -0.15) is 5.10 Å². The first kappa shape index (κ1) is 15.2. The van der Waals surface area contributed by atoms with E-state index in [1.807, 2.05) is 62.6 Å². The van der Waals surface area contributed by atoms with Crippen LogP contribution in [0.15, 0.2) is 54.9 Å². The Kier molecular flexibility index (Phi) is 4.37. The predicted octanol–water partition coefficient (Wildman–Crippen LogP) is 2.73. The van der Waals surface area contributed by atoms with E-state index in [1.165, 1.54) is 0 Å². The molecule has 5 heteroatoms. The second-order valence-corrected chi connectivity index (χ2v) is 5.82. The van der Waals surface area contributed by atoms with Gasteiger partial charge >= 0.3 is 0 Å². The molecule has 3 aromatic rings. The highest BCUT2D eigenvalue weighted by Gasteiger charge is 2.18. The molecule has 0 N–H and O–H groups in total. The lowest BCUT2D eigenvalue weighted by Crippen LogP contribution is -2.33. The Bertz CT molecular complexity index is 798. The molecule has 0 aliphatic rings. The third-order valence-electron chi connectivity index (χ3n) is 3.87. The number of fused-ring (bicyclic) bond motifs is 1. The molecule has 1 aromatic carbocycles. The summed E-state index contributed by atoms with van der Waals surface area (Å²) in [6.07, 6.45) is 3.59. The van der Waals surface area contributed by atoms with Gasteiger partial charge in [0.1, 0.15) is 0 Å². The Labute approximate surface area is 135 Å². The fourth-order valence-corrected chi connectivity index (χ4v) is 2.66. The number of hydrogen-bond acceptors (Lipinski definition) is 3. The molecular formula is C18H20N4O. The zero-order valence-electron chi connectivity index (χ0n) is 13.4. The lowest BCUT2D eigenvalue weighted by atomic mass is 10.1. The van der Waals surface area contributed by atoms with Gasteiger partial charge in [0.25, 0.3) is 0 Å². The topological polar surface area (TPSA) is 51.0 Å². The van der Waals surface area contributed by atoms with Crippen molar-refractivity contribution in [1.29, 1.82) is 0 Å². The van der Waals surface area contributed by atoms with E-state index in [4.69, 9.17) is 0 Å². The van der Waals surface area contributed by atoms with Crippen molar-refractivity contribution in [2.45, 2.75) is 20.0 Å². The van der Waals surface area contributed by atoms with Crippen molar-refractivity contribution in [1.82, 2.24) is 19.7 Å². The molecule has 2 aromatic heterocycles. The number of aromatic nitrogens is 3. The minimum atomic E-state index is -0.125. The third kappa shape index (κ3) is 3.56. The zero-order chi connectivity index (χ0) is 16.2. The Morgan fingerprint density at radius 3 is 2.83 bits per heavy atom. The molecule has 0 saturated heterocycles. The molecular weight excluding hydrogens is 288 g/mol. The molecule has 0 bridgehead atoms. The van der Waals surface area contributed by atoms with Gasteiger partial charge in [0.2, 0.25) is 5.91 Å². The van der Waals surface area contributed by atoms with Crippen LogP contribution in [0, 0.1) is 5.92 Å². The molecule has 0 saturated carbocycles. The van der Waals surface area contributed by atoms with Crippen molar-refractivity contribution in [2.75, 3.05) is 7.05 Å². The van der Waals surface area contributed by atoms with E-state index in [2.05, 4.69) is 10.1 Å². The van der Waals surface area contributed by atoms with Crippen molar-refractivity contribution in [3.63, 3.8) is 0 Å². The number of nitrogens with zero attached hydrogens (tertiary/aromatic N) is 4. The van der Waals surface area contributed by atoms with Crippen LogP contribution in [-0.2, 0) is 17.9 Å². The number of rotatable bonds is 5. The lowest BCUT2D eigenvalue weighted by molar-refractivity contribution is -0.134. The van der Waals surface area contributed by atoms with Gasteiger partial charge < -0.3 is 4.90 Å². The molecule has 1 atom stereocenters. The zero-order valence-corrected chi connectivity index (χ0v) is 13.4. The summed E-state index contributed by atoms with van der Waals surface area (Å²) in [4.78, 5) is 18.8. The van der Waals surface area contributed by atoms with Crippen LogP contribution in [0.3, 0.4) is 0 Å². The second-order valence-electron chi connectivity index (χ2n) is 5.82. The smallest absolute Gasteiger partial charge is 0.227 e. The fourth-order valence-electron chi connectivity index (χ4n) is 2.66. The number of carbonyl (C=O) groups is 1. The number of para-hydroxylation sites is 1. The van der Waals surface area contributed by atoms with Crippen molar-refractivity contribution in [3.05, 3.63) is 60.6 Å². The molecule has 1 amide bonds. The van der Waals surface area contributed by atoms with Crippen LogP contribution in [0.2, 0.25) is 0 Å². The number of hydrogen-bond donors (Lipinski definition) is 0. The first-order valence-corrected chi connectivity index (χ1v) is 7.70. The molecule has 118 valence electrons. The minimum absolute atomic E-state index is 0.0930. The van der Waals surface area contributed by atoms with Crippen molar-refractivity contribution in [3.8, 4) is 0 Å². The van der Waals surface area contributed by atoms with Gasteiger partial charge in [-0.15, -0.1) is 0 Å². The highest BCUT2D eigenvalue weighted by Crippen LogP contribution is 2.14. The van der Waals surface area contributed by atoms with Crippen molar-refractivity contribution < 1.29 is 4.79 Å². The van der Waals surface area contributed by atoms with E-state index in [-0.39, 0.29) is 11.8 Å². The number of benzene rings is 1. The Morgan fingerprint density at radius 2 is 2.04 bits per heavy atom. The molecule has 5 nitrogen and oxygen atoms in total. The maximum absolute atomic E-state index is 12.5. The van der Waals surface area contributed by atoms with Gasteiger partial charge in [0, 0.05) is 24.8 Å². The molecule has 23 heavy (non-hydrogen) atoms. The third-order valence-corrected chi connectivity index (χ3v) is 3.87. The molecule has 0 aliphatic carbocycles. The fraction of sp³-hybridized carbons (Fsp3) is 0.278. The maximum Gasteiger partial charge on any atom is 0.227 e. The summed E-state index contributed by atoms with van der Waals surface area (Å²) in [5.41, 5.74) is 1.85. The first-order valence-electron chi connectivity index (χ1n) is 7.70. The van der Waals surface area contributed by atoms with Crippen LogP contribution >= 0.6 is 0 Å². The number of pyridine rings is 1. The van der Waals surface area contributed by atoms with Crippen LogP contribution in [0.5, 0.6) is 0 Å². The average molecular weight is 308 g/mol. The monoisotopic (exact) mass is 308 g/mol. The summed E-state index contributed by atoms with van der Waals surface area (Å²) in [5, 5.41) is 5.26. The van der Waals surface area contributed by atoms with E-state index in [9.17, 15) is 4.79 Å². The first-order chi connectivity index (χ1) is 11.1. The Balaban J connectivity index is 1.66. The van der Waals surface area contributed by atoms with Crippen LogP contribution < -0.4 is 0 Å². The van der Waals surface area contributed by atoms with Crippen LogP contribution in [-0.4, -0.2) is 32.6 Å². The van der Waals surface area contributed by atoms with Gasteiger partial charge in [-0.1, -0.05) is 31.2 Å². The molecule has 3 rings (SSSR count). The van der Waals surface area contributed by atoms with Crippen molar-refractivity contribution >= 4 is 16.8 Å². The molecule has 0 aliphatic heterocycles. The SMILES string of the molecule is C[C@H](Cn1cccn1)C(=O)N(C)Cc1ccc2ccccc2n1. The molecule has 0 fully saturated rings. The Morgan fingerprint density at radius 1 is 1.22 bits per heavy atom. The normalized spacial score (nSPS) is 12.3. The summed E-state index contributed by atoms with van der Waals surface area (Å²) in [6.45, 7) is 3.02. The van der Waals surface area contributed by atoms with Gasteiger partial charge in [-0.25, -0.2) is 0 Å². The standard InChI is InChI=1S/C18H20N4O/c1-14(12-22-11-5-10-19-22)18(23)21(2)13-16-9-8-15-6-3-4-7-17(15)20-16/h3-11,14H,12-13H2,1-2H3/t14-/m1/s1. The molecule has 0 spiro atoms. The quantitative estimate of drug-likeness (QED) is 0.728. The summed E-state index contributed by atoms with van der Waals surface area (Å²) in [7, 11) is 1.82. The van der Waals surface area contributed by atoms with E-state index < -0.39 is 0 Å². The van der Waals surface area contributed by atoms with Crippen LogP contribution in [0.4, 0.5) is 0 Å². The summed E-state index contributed by atoms with van der Waals surface area (Å²) >= 11 is 0. The minimum Gasteiger partial charge on any atom is -0.340 e. The summed E-state index contributed by atoms with van der Waals surface area (Å²) < 4.78 is 1.78. The number of amides is 1.